The predicted octanol–water partition coefficient (Wildman–Crippen LogP) is 0.351. The van der Waals surface area contributed by atoms with Crippen LogP contribution in [0.15, 0.2) is 0 Å². The molecule has 4 heteroatoms. The van der Waals surface area contributed by atoms with Crippen molar-refractivity contribution in [3.63, 3.8) is 0 Å². The second-order valence-corrected chi connectivity index (χ2v) is 2.68. The summed E-state index contributed by atoms with van der Waals surface area (Å²) in [4.78, 5) is 12.2. The second kappa shape index (κ2) is 3.35. The van der Waals surface area contributed by atoms with Crippen molar-refractivity contribution in [3.05, 3.63) is 0 Å². The molecule has 0 bridgehead atoms. The smallest absolute Gasteiger partial charge is 0.266 e. The molecule has 0 fully saturated rings. The van der Waals surface area contributed by atoms with Gasteiger partial charge in [-0.15, -0.1) is 0 Å². The average molecular weight is 156 g/mol. The Morgan fingerprint density at radius 1 is 1.64 bits per heavy atom. The molecule has 1 amide bonds. The van der Waals surface area contributed by atoms with E-state index in [0.29, 0.717) is 0 Å². The monoisotopic (exact) mass is 156 g/mol. The number of amides is 1. The highest BCUT2D eigenvalue weighted by Crippen LogP contribution is 2.09. The van der Waals surface area contributed by atoms with Crippen molar-refractivity contribution in [2.75, 3.05) is 14.2 Å². The van der Waals surface area contributed by atoms with Crippen LogP contribution in [0.1, 0.15) is 13.8 Å². The summed E-state index contributed by atoms with van der Waals surface area (Å²) in [5.41, 5.74) is -0.912. The first-order valence-electron chi connectivity index (χ1n) is 3.18. The lowest BCUT2D eigenvalue weighted by Gasteiger charge is -2.23. The molecule has 0 rings (SSSR count). The fourth-order valence-electron chi connectivity index (χ4n) is 0.537. The zero-order valence-electron chi connectivity index (χ0n) is 7.21. The Hall–Kier alpha value is -1.08. The van der Waals surface area contributed by atoms with E-state index in [4.69, 9.17) is 10.00 Å². The van der Waals surface area contributed by atoms with E-state index >= 15 is 0 Å². The maximum atomic E-state index is 11.2. The van der Waals surface area contributed by atoms with Crippen LogP contribution in [0.4, 0.5) is 0 Å². The maximum absolute atomic E-state index is 11.2. The summed E-state index contributed by atoms with van der Waals surface area (Å²) in [5.74, 6) is -0.345. The van der Waals surface area contributed by atoms with Gasteiger partial charge in [0.05, 0.1) is 0 Å². The SMILES string of the molecule is COC(C)(C)C(=O)N(C)C#N. The van der Waals surface area contributed by atoms with Gasteiger partial charge in [0, 0.05) is 14.2 Å². The first-order valence-corrected chi connectivity index (χ1v) is 3.18. The van der Waals surface area contributed by atoms with E-state index in [2.05, 4.69) is 0 Å². The van der Waals surface area contributed by atoms with Gasteiger partial charge in [-0.2, -0.15) is 5.26 Å². The molecule has 11 heavy (non-hydrogen) atoms. The number of hydrogen-bond acceptors (Lipinski definition) is 3. The number of rotatable bonds is 2. The fourth-order valence-corrected chi connectivity index (χ4v) is 0.537. The molecule has 0 aliphatic carbocycles. The van der Waals surface area contributed by atoms with Gasteiger partial charge in [-0.25, -0.2) is 4.90 Å². The highest BCUT2D eigenvalue weighted by Gasteiger charge is 2.29. The Kier molecular flexibility index (Phi) is 3.02. The molecule has 0 unspecified atom stereocenters. The number of hydrogen-bond donors (Lipinski definition) is 0. The van der Waals surface area contributed by atoms with E-state index in [1.54, 1.807) is 20.0 Å². The summed E-state index contributed by atoms with van der Waals surface area (Å²) in [6, 6.07) is 0. The van der Waals surface area contributed by atoms with Crippen LogP contribution in [0.25, 0.3) is 0 Å². The summed E-state index contributed by atoms with van der Waals surface area (Å²) >= 11 is 0. The lowest BCUT2D eigenvalue weighted by atomic mass is 10.1. The Morgan fingerprint density at radius 3 is 2.36 bits per heavy atom. The van der Waals surface area contributed by atoms with Gasteiger partial charge in [0.15, 0.2) is 6.19 Å². The molecule has 0 N–H and O–H groups in total. The van der Waals surface area contributed by atoms with Gasteiger partial charge in [-0.05, 0) is 13.8 Å². The number of nitriles is 1. The van der Waals surface area contributed by atoms with E-state index in [1.165, 1.54) is 14.2 Å². The molecule has 0 spiro atoms. The molecular formula is C7H12N2O2. The number of carbonyl (C=O) groups is 1. The van der Waals surface area contributed by atoms with Crippen molar-refractivity contribution in [3.8, 4) is 6.19 Å². The van der Waals surface area contributed by atoms with E-state index in [-0.39, 0.29) is 5.91 Å². The van der Waals surface area contributed by atoms with Crippen molar-refractivity contribution >= 4 is 5.91 Å². The zero-order valence-corrected chi connectivity index (χ0v) is 7.21. The number of carbonyl (C=O) groups excluding carboxylic acids is 1. The third-order valence-electron chi connectivity index (χ3n) is 1.48. The average Bonchev–Trinajstić information content (AvgIpc) is 2.01. The van der Waals surface area contributed by atoms with Crippen LogP contribution >= 0.6 is 0 Å². The van der Waals surface area contributed by atoms with Gasteiger partial charge in [0.25, 0.3) is 5.91 Å². The molecule has 4 nitrogen and oxygen atoms in total. The normalized spacial score (nSPS) is 10.5. The van der Waals surface area contributed by atoms with E-state index in [0.717, 1.165) is 4.90 Å². The predicted molar refractivity (Wildman–Crippen MR) is 39.5 cm³/mol. The fraction of sp³-hybridized carbons (Fsp3) is 0.714. The van der Waals surface area contributed by atoms with Crippen LogP contribution in [0, 0.1) is 11.5 Å². The third kappa shape index (κ3) is 2.20. The number of methoxy groups -OCH3 is 1. The lowest BCUT2D eigenvalue weighted by molar-refractivity contribution is -0.146. The number of likely N-dealkylation sites (N-methyl/N-ethyl adjacent to an activating group) is 1. The largest absolute Gasteiger partial charge is 0.369 e. The van der Waals surface area contributed by atoms with Gasteiger partial charge in [-0.3, -0.25) is 4.79 Å². The maximum Gasteiger partial charge on any atom is 0.266 e. The molecule has 0 radical (unpaired) electrons. The van der Waals surface area contributed by atoms with Crippen molar-refractivity contribution in [2.45, 2.75) is 19.4 Å². The molecule has 0 atom stereocenters. The standard InChI is InChI=1S/C7H12N2O2/c1-7(2,11-4)6(10)9(3)5-8/h1-4H3. The second-order valence-electron chi connectivity index (χ2n) is 2.68. The van der Waals surface area contributed by atoms with Crippen LogP contribution in [-0.2, 0) is 9.53 Å². The van der Waals surface area contributed by atoms with Crippen LogP contribution < -0.4 is 0 Å². The van der Waals surface area contributed by atoms with Crippen LogP contribution in [0.5, 0.6) is 0 Å². The van der Waals surface area contributed by atoms with Gasteiger partial charge in [0.2, 0.25) is 0 Å². The number of ether oxygens (including phenoxy) is 1. The Balaban J connectivity index is 4.38. The molecule has 62 valence electrons. The van der Waals surface area contributed by atoms with Crippen molar-refractivity contribution < 1.29 is 9.53 Å². The quantitative estimate of drug-likeness (QED) is 0.428. The van der Waals surface area contributed by atoms with Crippen LogP contribution in [0.2, 0.25) is 0 Å². The minimum Gasteiger partial charge on any atom is -0.369 e. The van der Waals surface area contributed by atoms with Gasteiger partial charge < -0.3 is 4.74 Å². The first kappa shape index (κ1) is 9.92. The molecule has 0 saturated carbocycles. The Bertz CT molecular complexity index is 193. The highest BCUT2D eigenvalue weighted by atomic mass is 16.5. The summed E-state index contributed by atoms with van der Waals surface area (Å²) < 4.78 is 4.88. The van der Waals surface area contributed by atoms with Crippen LogP contribution in [0.3, 0.4) is 0 Å². The van der Waals surface area contributed by atoms with Crippen molar-refractivity contribution in [1.29, 1.82) is 5.26 Å². The Morgan fingerprint density at radius 2 is 2.09 bits per heavy atom. The van der Waals surface area contributed by atoms with Gasteiger partial charge in [-0.1, -0.05) is 0 Å². The first-order chi connectivity index (χ1) is 4.95. The minimum atomic E-state index is -0.912. The molecule has 0 heterocycles. The van der Waals surface area contributed by atoms with Gasteiger partial charge in [0.1, 0.15) is 5.60 Å². The molecule has 0 aromatic carbocycles. The van der Waals surface area contributed by atoms with Crippen molar-refractivity contribution in [1.82, 2.24) is 4.90 Å². The summed E-state index contributed by atoms with van der Waals surface area (Å²) in [7, 11) is 2.84. The lowest BCUT2D eigenvalue weighted by Crippen LogP contribution is -2.42. The van der Waals surface area contributed by atoms with E-state index < -0.39 is 5.60 Å². The Labute approximate surface area is 66.4 Å². The summed E-state index contributed by atoms with van der Waals surface area (Å²) in [5, 5.41) is 8.36. The van der Waals surface area contributed by atoms with E-state index in [9.17, 15) is 4.79 Å². The van der Waals surface area contributed by atoms with Crippen LogP contribution in [-0.4, -0.2) is 30.6 Å². The zero-order chi connectivity index (χ0) is 9.07. The van der Waals surface area contributed by atoms with Gasteiger partial charge >= 0.3 is 0 Å². The van der Waals surface area contributed by atoms with E-state index in [1.807, 2.05) is 0 Å². The summed E-state index contributed by atoms with van der Waals surface area (Å²) in [6.07, 6.45) is 1.71. The molecule has 0 aliphatic rings. The molecule has 0 aliphatic heterocycles. The molecule has 0 aromatic rings. The van der Waals surface area contributed by atoms with Crippen molar-refractivity contribution in [2.24, 2.45) is 0 Å². The molecule has 0 saturated heterocycles. The highest BCUT2D eigenvalue weighted by molar-refractivity contribution is 5.85. The summed E-state index contributed by atoms with van der Waals surface area (Å²) in [6.45, 7) is 3.23. The minimum absolute atomic E-state index is 0.345. The number of nitrogens with zero attached hydrogens (tertiary/aromatic N) is 2. The molecular weight excluding hydrogens is 144 g/mol. The topological polar surface area (TPSA) is 53.3 Å². The molecule has 0 aromatic heterocycles. The third-order valence-corrected chi connectivity index (χ3v) is 1.48.